The van der Waals surface area contributed by atoms with E-state index < -0.39 is 0 Å². The molecule has 1 saturated heterocycles. The van der Waals surface area contributed by atoms with Crippen molar-refractivity contribution in [2.75, 3.05) is 11.9 Å². The van der Waals surface area contributed by atoms with Gasteiger partial charge in [0.05, 0.1) is 19.3 Å². The number of hydrogen-bond donors (Lipinski definition) is 1. The molecule has 2 aliphatic heterocycles. The molecule has 1 N–H and O–H groups in total. The molecule has 1 fully saturated rings. The summed E-state index contributed by atoms with van der Waals surface area (Å²) in [6.45, 7) is 2.73. The Labute approximate surface area is 129 Å². The number of aromatic nitrogens is 1. The molecule has 1 atom stereocenters. The van der Waals surface area contributed by atoms with Crippen molar-refractivity contribution in [1.82, 2.24) is 4.57 Å². The van der Waals surface area contributed by atoms with E-state index in [1.165, 1.54) is 33.4 Å². The van der Waals surface area contributed by atoms with E-state index >= 15 is 0 Å². The topological polar surface area (TPSA) is 29.5 Å². The minimum absolute atomic E-state index is 0.434. The maximum atomic E-state index is 5.41. The number of epoxide rings is 1. The largest absolute Gasteiger partial charge is 0.379 e. The van der Waals surface area contributed by atoms with Gasteiger partial charge < -0.3 is 14.6 Å². The van der Waals surface area contributed by atoms with Gasteiger partial charge in [-0.2, -0.15) is 0 Å². The number of anilines is 1. The molecule has 110 valence electrons. The Morgan fingerprint density at radius 3 is 2.95 bits per heavy atom. The fraction of sp³-hybridized carbons (Fsp3) is 0.263. The molecule has 0 bridgehead atoms. The average Bonchev–Trinajstić information content (AvgIpc) is 3.31. The molecule has 22 heavy (non-hydrogen) atoms. The van der Waals surface area contributed by atoms with Crippen LogP contribution in [0.15, 0.2) is 48.5 Å². The molecule has 0 amide bonds. The second-order valence-electron chi connectivity index (χ2n) is 6.24. The molecule has 1 unspecified atom stereocenters. The average molecular weight is 290 g/mol. The van der Waals surface area contributed by atoms with Crippen LogP contribution in [0.1, 0.15) is 16.8 Å². The summed E-state index contributed by atoms with van der Waals surface area (Å²) in [7, 11) is 0. The Balaban J connectivity index is 1.65. The second kappa shape index (κ2) is 4.62. The maximum absolute atomic E-state index is 5.41. The Hall–Kier alpha value is -2.26. The Bertz CT molecular complexity index is 861. The number of para-hydroxylation sites is 1. The van der Waals surface area contributed by atoms with E-state index in [-0.39, 0.29) is 0 Å². The molecule has 0 spiro atoms. The van der Waals surface area contributed by atoms with Crippen LogP contribution >= 0.6 is 0 Å². The number of fused-ring (bicyclic) bond motifs is 4. The van der Waals surface area contributed by atoms with Gasteiger partial charge in [0.2, 0.25) is 0 Å². The smallest absolute Gasteiger partial charge is 0.0850 e. The maximum Gasteiger partial charge on any atom is 0.0850 e. The van der Waals surface area contributed by atoms with Gasteiger partial charge in [-0.3, -0.25) is 0 Å². The molecule has 2 aromatic carbocycles. The molecule has 2 aliphatic rings. The van der Waals surface area contributed by atoms with Gasteiger partial charge in [-0.15, -0.1) is 0 Å². The molecule has 0 aliphatic carbocycles. The summed E-state index contributed by atoms with van der Waals surface area (Å²) in [6, 6.07) is 17.6. The number of nitrogens with zero attached hydrogens (tertiary/aromatic N) is 1. The first-order chi connectivity index (χ1) is 10.9. The number of rotatable bonds is 2. The predicted octanol–water partition coefficient (Wildman–Crippen LogP) is 3.56. The van der Waals surface area contributed by atoms with Crippen LogP contribution in [-0.2, 0) is 24.2 Å². The molecule has 5 rings (SSSR count). The van der Waals surface area contributed by atoms with Crippen LogP contribution in [0.4, 0.5) is 5.69 Å². The zero-order valence-electron chi connectivity index (χ0n) is 12.4. The van der Waals surface area contributed by atoms with Crippen molar-refractivity contribution in [3.63, 3.8) is 0 Å². The SMILES string of the molecule is c1ccc2c(c1)Cn1c(cc3c(CC4CO4)cccc31)CN2. The summed E-state index contributed by atoms with van der Waals surface area (Å²) in [6.07, 6.45) is 1.47. The van der Waals surface area contributed by atoms with Crippen LogP contribution in [0.25, 0.3) is 10.9 Å². The van der Waals surface area contributed by atoms with Gasteiger partial charge in [0.1, 0.15) is 0 Å². The van der Waals surface area contributed by atoms with Gasteiger partial charge in [-0.25, -0.2) is 0 Å². The lowest BCUT2D eigenvalue weighted by atomic mass is 10.1. The number of hydrogen-bond acceptors (Lipinski definition) is 2. The van der Waals surface area contributed by atoms with Gasteiger partial charge in [-0.1, -0.05) is 30.3 Å². The van der Waals surface area contributed by atoms with Crippen molar-refractivity contribution in [1.29, 1.82) is 0 Å². The molecule has 3 nitrogen and oxygen atoms in total. The van der Waals surface area contributed by atoms with E-state index in [4.69, 9.17) is 4.74 Å². The Kier molecular flexibility index (Phi) is 2.58. The summed E-state index contributed by atoms with van der Waals surface area (Å²) in [5.41, 5.74) is 6.72. The number of nitrogens with one attached hydrogen (secondary N) is 1. The highest BCUT2D eigenvalue weighted by Gasteiger charge is 2.24. The van der Waals surface area contributed by atoms with Crippen LogP contribution < -0.4 is 5.32 Å². The molecule has 0 saturated carbocycles. The van der Waals surface area contributed by atoms with Crippen LogP contribution in [0.3, 0.4) is 0 Å². The molecular formula is C19H18N2O. The summed E-state index contributed by atoms with van der Waals surface area (Å²) in [4.78, 5) is 0. The molecule has 3 heterocycles. The van der Waals surface area contributed by atoms with E-state index in [0.717, 1.165) is 26.1 Å². The van der Waals surface area contributed by atoms with Crippen LogP contribution in [0, 0.1) is 0 Å². The van der Waals surface area contributed by atoms with Crippen LogP contribution in [0.5, 0.6) is 0 Å². The fourth-order valence-electron chi connectivity index (χ4n) is 3.53. The van der Waals surface area contributed by atoms with Crippen molar-refractivity contribution >= 4 is 16.6 Å². The first kappa shape index (κ1) is 12.3. The normalized spacial score (nSPS) is 19.2. The monoisotopic (exact) mass is 290 g/mol. The van der Waals surface area contributed by atoms with Crippen molar-refractivity contribution in [2.24, 2.45) is 0 Å². The number of benzene rings is 2. The molecule has 3 aromatic rings. The predicted molar refractivity (Wildman–Crippen MR) is 88.3 cm³/mol. The molecule has 1 aromatic heterocycles. The van der Waals surface area contributed by atoms with Gasteiger partial charge in [0, 0.05) is 35.2 Å². The third-order valence-corrected chi connectivity index (χ3v) is 4.78. The van der Waals surface area contributed by atoms with E-state index in [1.807, 2.05) is 0 Å². The van der Waals surface area contributed by atoms with Gasteiger partial charge in [0.15, 0.2) is 0 Å². The first-order valence-electron chi connectivity index (χ1n) is 7.92. The third-order valence-electron chi connectivity index (χ3n) is 4.78. The highest BCUT2D eigenvalue weighted by molar-refractivity contribution is 5.85. The quantitative estimate of drug-likeness (QED) is 0.731. The highest BCUT2D eigenvalue weighted by atomic mass is 16.6. The Morgan fingerprint density at radius 1 is 1.14 bits per heavy atom. The van der Waals surface area contributed by atoms with E-state index in [0.29, 0.717) is 6.10 Å². The van der Waals surface area contributed by atoms with Gasteiger partial charge >= 0.3 is 0 Å². The van der Waals surface area contributed by atoms with Crippen LogP contribution in [-0.4, -0.2) is 17.3 Å². The minimum Gasteiger partial charge on any atom is -0.379 e. The summed E-state index contributed by atoms with van der Waals surface area (Å²) in [5, 5.41) is 4.95. The lowest BCUT2D eigenvalue weighted by molar-refractivity contribution is 0.408. The first-order valence-corrected chi connectivity index (χ1v) is 7.92. The minimum atomic E-state index is 0.434. The molecule has 3 heteroatoms. The van der Waals surface area contributed by atoms with Crippen molar-refractivity contribution < 1.29 is 4.74 Å². The number of ether oxygens (including phenoxy) is 1. The summed E-state index contributed by atoms with van der Waals surface area (Å²) >= 11 is 0. The lowest BCUT2D eigenvalue weighted by Gasteiger charge is -2.09. The third kappa shape index (κ3) is 1.93. The van der Waals surface area contributed by atoms with Crippen molar-refractivity contribution in [2.45, 2.75) is 25.6 Å². The summed E-state index contributed by atoms with van der Waals surface area (Å²) in [5.74, 6) is 0. The van der Waals surface area contributed by atoms with E-state index in [9.17, 15) is 0 Å². The van der Waals surface area contributed by atoms with Gasteiger partial charge in [0.25, 0.3) is 0 Å². The zero-order chi connectivity index (χ0) is 14.5. The standard InChI is InChI=1S/C19H18N2O/c1-2-6-18-14(4-1)11-21-15(10-20-18)9-17-13(8-16-12-22-16)5-3-7-19(17)21/h1-7,9,16,20H,8,10-12H2. The highest BCUT2D eigenvalue weighted by Crippen LogP contribution is 2.31. The fourth-order valence-corrected chi connectivity index (χ4v) is 3.53. The molecule has 0 radical (unpaired) electrons. The lowest BCUT2D eigenvalue weighted by Crippen LogP contribution is -2.02. The van der Waals surface area contributed by atoms with Crippen molar-refractivity contribution in [3.05, 3.63) is 65.4 Å². The van der Waals surface area contributed by atoms with Gasteiger partial charge in [-0.05, 0) is 29.3 Å². The van der Waals surface area contributed by atoms with E-state index in [1.54, 1.807) is 0 Å². The molecular weight excluding hydrogens is 272 g/mol. The van der Waals surface area contributed by atoms with Crippen LogP contribution in [0.2, 0.25) is 0 Å². The van der Waals surface area contributed by atoms with Crippen molar-refractivity contribution in [3.8, 4) is 0 Å². The second-order valence-corrected chi connectivity index (χ2v) is 6.24. The van der Waals surface area contributed by atoms with E-state index in [2.05, 4.69) is 58.4 Å². The zero-order valence-corrected chi connectivity index (χ0v) is 12.4. The summed E-state index contributed by atoms with van der Waals surface area (Å²) < 4.78 is 7.86. The Morgan fingerprint density at radius 2 is 2.05 bits per heavy atom.